The Balaban J connectivity index is 1.22. The molecule has 1 aliphatic carbocycles. The Bertz CT molecular complexity index is 1420. The first-order valence-corrected chi connectivity index (χ1v) is 11.4. The molecule has 1 aliphatic heterocycles. The number of para-hydroxylation sites is 1. The minimum absolute atomic E-state index is 0.0733. The summed E-state index contributed by atoms with van der Waals surface area (Å²) < 4.78 is 7.97. The van der Waals surface area contributed by atoms with E-state index in [0.29, 0.717) is 0 Å². The molecule has 6 rings (SSSR count). The number of benzene rings is 2. The van der Waals surface area contributed by atoms with Gasteiger partial charge in [0.1, 0.15) is 23.5 Å². The SMILES string of the molecule is CC#CC(=O)N1CC2(CC(n3nc(-c4ccc(Oc5ccccc5)cc4)c4cncnc43)C2)C1. The Labute approximate surface area is 197 Å². The Morgan fingerprint density at radius 1 is 1.06 bits per heavy atom. The van der Waals surface area contributed by atoms with Crippen LogP contribution in [0.15, 0.2) is 67.1 Å². The maximum Gasteiger partial charge on any atom is 0.298 e. The Morgan fingerprint density at radius 3 is 2.53 bits per heavy atom. The van der Waals surface area contributed by atoms with Gasteiger partial charge >= 0.3 is 0 Å². The number of fused-ring (bicyclic) bond motifs is 1. The average molecular weight is 450 g/mol. The van der Waals surface area contributed by atoms with Gasteiger partial charge in [-0.2, -0.15) is 5.10 Å². The number of hydrogen-bond acceptors (Lipinski definition) is 5. The second-order valence-corrected chi connectivity index (χ2v) is 9.09. The van der Waals surface area contributed by atoms with Gasteiger partial charge in [0, 0.05) is 30.3 Å². The van der Waals surface area contributed by atoms with E-state index in [1.54, 1.807) is 13.3 Å². The lowest BCUT2D eigenvalue weighted by molar-refractivity contribution is -0.147. The standard InChI is InChI=1S/C27H23N5O2/c1-2-6-24(33)31-16-27(17-31)13-20(14-27)32-26-23(15-28-18-29-26)25(30-32)19-9-11-22(12-10-19)34-21-7-4-3-5-8-21/h3-5,7-12,15,18,20H,13-14,16-17H2,1H3. The highest BCUT2D eigenvalue weighted by atomic mass is 16.5. The quantitative estimate of drug-likeness (QED) is 0.430. The van der Waals surface area contributed by atoms with Gasteiger partial charge in [-0.25, -0.2) is 14.6 Å². The fraction of sp³-hybridized carbons (Fsp3) is 0.259. The molecule has 2 aliphatic rings. The van der Waals surface area contributed by atoms with E-state index in [1.165, 1.54) is 0 Å². The van der Waals surface area contributed by atoms with Crippen molar-refractivity contribution >= 4 is 16.9 Å². The summed E-state index contributed by atoms with van der Waals surface area (Å²) in [5, 5.41) is 5.91. The molecular formula is C27H23N5O2. The number of ether oxygens (including phenoxy) is 1. The first-order chi connectivity index (χ1) is 16.6. The second-order valence-electron chi connectivity index (χ2n) is 9.09. The summed E-state index contributed by atoms with van der Waals surface area (Å²) in [6, 6.07) is 17.9. The summed E-state index contributed by atoms with van der Waals surface area (Å²) in [6.07, 6.45) is 5.38. The monoisotopic (exact) mass is 449 g/mol. The van der Waals surface area contributed by atoms with Gasteiger partial charge in [0.25, 0.3) is 5.91 Å². The van der Waals surface area contributed by atoms with Crippen LogP contribution >= 0.6 is 0 Å². The minimum atomic E-state index is -0.0733. The lowest BCUT2D eigenvalue weighted by atomic mass is 9.60. The fourth-order valence-electron chi connectivity index (χ4n) is 5.12. The summed E-state index contributed by atoms with van der Waals surface area (Å²) >= 11 is 0. The Morgan fingerprint density at radius 2 is 1.79 bits per heavy atom. The van der Waals surface area contributed by atoms with Gasteiger partial charge in [0.2, 0.25) is 0 Å². The molecule has 34 heavy (non-hydrogen) atoms. The van der Waals surface area contributed by atoms with Gasteiger partial charge in [0.15, 0.2) is 5.65 Å². The van der Waals surface area contributed by atoms with Crippen LogP contribution in [0.4, 0.5) is 0 Å². The van der Waals surface area contributed by atoms with Gasteiger partial charge in [-0.3, -0.25) is 4.79 Å². The summed E-state index contributed by atoms with van der Waals surface area (Å²) in [7, 11) is 0. The molecule has 2 aromatic heterocycles. The molecule has 3 heterocycles. The van der Waals surface area contributed by atoms with Crippen LogP contribution < -0.4 is 4.74 Å². The predicted octanol–water partition coefficient (Wildman–Crippen LogP) is 4.47. The van der Waals surface area contributed by atoms with Crippen LogP contribution in [0, 0.1) is 17.3 Å². The molecule has 168 valence electrons. The molecule has 0 unspecified atom stereocenters. The molecule has 1 saturated heterocycles. The Hall–Kier alpha value is -4.18. The highest BCUT2D eigenvalue weighted by Crippen LogP contribution is 2.54. The Kier molecular flexibility index (Phi) is 4.80. The molecule has 1 saturated carbocycles. The van der Waals surface area contributed by atoms with Crippen molar-refractivity contribution in [2.45, 2.75) is 25.8 Å². The first kappa shape index (κ1) is 20.4. The number of hydrogen-bond donors (Lipinski definition) is 0. The molecule has 0 bridgehead atoms. The molecule has 0 atom stereocenters. The van der Waals surface area contributed by atoms with E-state index in [2.05, 4.69) is 21.8 Å². The van der Waals surface area contributed by atoms with Gasteiger partial charge in [-0.05, 0) is 62.1 Å². The van der Waals surface area contributed by atoms with Gasteiger partial charge in [-0.15, -0.1) is 0 Å². The first-order valence-electron chi connectivity index (χ1n) is 11.4. The number of rotatable bonds is 4. The van der Waals surface area contributed by atoms with Gasteiger partial charge < -0.3 is 9.64 Å². The molecule has 4 aromatic rings. The number of carbonyl (C=O) groups excluding carboxylic acids is 1. The minimum Gasteiger partial charge on any atom is -0.457 e. The van der Waals surface area contributed by atoms with Crippen molar-refractivity contribution in [3.63, 3.8) is 0 Å². The van der Waals surface area contributed by atoms with Crippen molar-refractivity contribution in [1.82, 2.24) is 24.6 Å². The third-order valence-electron chi connectivity index (χ3n) is 6.73. The zero-order valence-electron chi connectivity index (χ0n) is 18.8. The molecular weight excluding hydrogens is 426 g/mol. The van der Waals surface area contributed by atoms with Crippen molar-refractivity contribution in [3.8, 4) is 34.6 Å². The van der Waals surface area contributed by atoms with E-state index in [9.17, 15) is 4.79 Å². The summed E-state index contributed by atoms with van der Waals surface area (Å²) in [5.74, 6) is 6.82. The normalized spacial score (nSPS) is 16.4. The van der Waals surface area contributed by atoms with Crippen molar-refractivity contribution < 1.29 is 9.53 Å². The molecule has 1 spiro atoms. The van der Waals surface area contributed by atoms with Gasteiger partial charge in [-0.1, -0.05) is 24.1 Å². The predicted molar refractivity (Wildman–Crippen MR) is 128 cm³/mol. The zero-order chi connectivity index (χ0) is 23.1. The highest BCUT2D eigenvalue weighted by Gasteiger charge is 2.54. The van der Waals surface area contributed by atoms with Crippen molar-refractivity contribution in [1.29, 1.82) is 0 Å². The fourth-order valence-corrected chi connectivity index (χ4v) is 5.12. The van der Waals surface area contributed by atoms with E-state index in [1.807, 2.05) is 70.4 Å². The number of carbonyl (C=O) groups is 1. The molecule has 0 radical (unpaired) electrons. The lowest BCUT2D eigenvalue weighted by Gasteiger charge is -2.58. The molecule has 7 heteroatoms. The van der Waals surface area contributed by atoms with E-state index in [4.69, 9.17) is 9.84 Å². The molecule has 2 fully saturated rings. The van der Waals surface area contributed by atoms with Crippen LogP contribution in [-0.4, -0.2) is 43.6 Å². The summed E-state index contributed by atoms with van der Waals surface area (Å²) in [5.41, 5.74) is 2.90. The number of aromatic nitrogens is 4. The van der Waals surface area contributed by atoms with Crippen LogP contribution in [0.1, 0.15) is 25.8 Å². The highest BCUT2D eigenvalue weighted by molar-refractivity contribution is 5.94. The van der Waals surface area contributed by atoms with Crippen LogP contribution in [-0.2, 0) is 4.79 Å². The van der Waals surface area contributed by atoms with Crippen molar-refractivity contribution in [2.75, 3.05) is 13.1 Å². The maximum atomic E-state index is 12.0. The van der Waals surface area contributed by atoms with E-state index < -0.39 is 0 Å². The van der Waals surface area contributed by atoms with E-state index in [-0.39, 0.29) is 17.4 Å². The molecule has 1 amide bonds. The van der Waals surface area contributed by atoms with Crippen molar-refractivity contribution in [3.05, 3.63) is 67.1 Å². The summed E-state index contributed by atoms with van der Waals surface area (Å²) in [4.78, 5) is 22.6. The van der Waals surface area contributed by atoms with Gasteiger partial charge in [0.05, 0.1) is 11.4 Å². The third kappa shape index (κ3) is 3.48. The number of nitrogens with zero attached hydrogens (tertiary/aromatic N) is 5. The maximum absolute atomic E-state index is 12.0. The number of amides is 1. The van der Waals surface area contributed by atoms with Crippen LogP contribution in [0.25, 0.3) is 22.3 Å². The van der Waals surface area contributed by atoms with E-state index in [0.717, 1.165) is 59.7 Å². The largest absolute Gasteiger partial charge is 0.457 e. The lowest BCUT2D eigenvalue weighted by Crippen LogP contribution is -2.63. The second kappa shape index (κ2) is 7.99. The van der Waals surface area contributed by atoms with Crippen molar-refractivity contribution in [2.24, 2.45) is 5.41 Å². The molecule has 0 N–H and O–H groups in total. The van der Waals surface area contributed by atoms with E-state index >= 15 is 0 Å². The third-order valence-corrected chi connectivity index (χ3v) is 6.73. The van der Waals surface area contributed by atoms with Crippen LogP contribution in [0.2, 0.25) is 0 Å². The number of likely N-dealkylation sites (tertiary alicyclic amines) is 1. The van der Waals surface area contributed by atoms with Crippen LogP contribution in [0.5, 0.6) is 11.5 Å². The van der Waals surface area contributed by atoms with Crippen LogP contribution in [0.3, 0.4) is 0 Å². The summed E-state index contributed by atoms with van der Waals surface area (Å²) in [6.45, 7) is 3.25. The molecule has 7 nitrogen and oxygen atoms in total. The average Bonchev–Trinajstić information content (AvgIpc) is 3.18. The molecule has 2 aromatic carbocycles. The smallest absolute Gasteiger partial charge is 0.298 e. The zero-order valence-corrected chi connectivity index (χ0v) is 18.8. The topological polar surface area (TPSA) is 73.1 Å².